The number of carbonyl (C=O) groups excluding carboxylic acids is 2. The van der Waals surface area contributed by atoms with Gasteiger partial charge < -0.3 is 15.2 Å². The van der Waals surface area contributed by atoms with E-state index < -0.39 is 56.7 Å². The van der Waals surface area contributed by atoms with Crippen molar-refractivity contribution in [1.82, 2.24) is 9.62 Å². The van der Waals surface area contributed by atoms with E-state index in [1.54, 1.807) is 0 Å². The molecule has 0 aliphatic heterocycles. The number of hydrogen-bond acceptors (Lipinski definition) is 6. The number of nitrogens with zero attached hydrogens (tertiary/aromatic N) is 1. The maximum absolute atomic E-state index is 13.6. The largest absolute Gasteiger partial charge is 0.480 e. The van der Waals surface area contributed by atoms with Crippen molar-refractivity contribution in [3.8, 4) is 0 Å². The van der Waals surface area contributed by atoms with E-state index >= 15 is 0 Å². The average Bonchev–Trinajstić information content (AvgIpc) is 2.56. The van der Waals surface area contributed by atoms with Crippen LogP contribution in [0.1, 0.15) is 24.2 Å². The Kier molecular flexibility index (Phi) is 7.21. The Hall–Kier alpha value is -2.53. The molecule has 0 saturated heterocycles. The molecular formula is C15H19FN2O7S. The van der Waals surface area contributed by atoms with Gasteiger partial charge in [0.15, 0.2) is 0 Å². The summed E-state index contributed by atoms with van der Waals surface area (Å²) in [5, 5.41) is 11.5. The summed E-state index contributed by atoms with van der Waals surface area (Å²) < 4.78 is 44.5. The van der Waals surface area contributed by atoms with Gasteiger partial charge in [0.2, 0.25) is 15.9 Å². The lowest BCUT2D eigenvalue weighted by molar-refractivity contribution is -0.140. The third kappa shape index (κ3) is 4.99. The van der Waals surface area contributed by atoms with Crippen LogP contribution in [0.2, 0.25) is 0 Å². The lowest BCUT2D eigenvalue weighted by atomic mass is 10.2. The second-order valence-corrected chi connectivity index (χ2v) is 7.10. The normalized spacial score (nSPS) is 12.5. The van der Waals surface area contributed by atoms with Gasteiger partial charge in [-0.2, -0.15) is 4.31 Å². The van der Waals surface area contributed by atoms with E-state index in [2.05, 4.69) is 10.1 Å². The molecule has 0 aliphatic carbocycles. The number of hydrogen-bond donors (Lipinski definition) is 2. The van der Waals surface area contributed by atoms with Crippen molar-refractivity contribution >= 4 is 27.9 Å². The van der Waals surface area contributed by atoms with Crippen molar-refractivity contribution in [2.45, 2.75) is 24.8 Å². The maximum atomic E-state index is 13.6. The minimum absolute atomic E-state index is 0.172. The van der Waals surface area contributed by atoms with E-state index in [9.17, 15) is 32.3 Å². The average molecular weight is 390 g/mol. The number of nitrogens with one attached hydrogen (secondary N) is 1. The number of sulfonamides is 1. The Labute approximate surface area is 149 Å². The third-order valence-corrected chi connectivity index (χ3v) is 5.44. The van der Waals surface area contributed by atoms with Gasteiger partial charge in [-0.3, -0.25) is 9.59 Å². The summed E-state index contributed by atoms with van der Waals surface area (Å²) in [6.45, 7) is 1.76. The number of methoxy groups -OCH3 is 1. The van der Waals surface area contributed by atoms with Crippen LogP contribution in [0.15, 0.2) is 23.1 Å². The van der Waals surface area contributed by atoms with Crippen molar-refractivity contribution < 1.29 is 37.0 Å². The second-order valence-electron chi connectivity index (χ2n) is 5.24. The fraction of sp³-hybridized carbons (Fsp3) is 0.400. The zero-order chi connectivity index (χ0) is 20.1. The predicted octanol–water partition coefficient (Wildman–Crippen LogP) is 0.212. The molecular weight excluding hydrogens is 371 g/mol. The van der Waals surface area contributed by atoms with Crippen LogP contribution in [0.5, 0.6) is 0 Å². The number of benzene rings is 1. The second kappa shape index (κ2) is 8.72. The number of rotatable bonds is 8. The summed E-state index contributed by atoms with van der Waals surface area (Å²) in [4.78, 5) is 33.4. The Bertz CT molecular complexity index is 810. The van der Waals surface area contributed by atoms with Gasteiger partial charge in [0.25, 0.3) is 0 Å². The molecule has 0 saturated carbocycles. The van der Waals surface area contributed by atoms with Crippen molar-refractivity contribution in [2.75, 3.05) is 20.2 Å². The van der Waals surface area contributed by atoms with E-state index in [0.717, 1.165) is 26.2 Å². The maximum Gasteiger partial charge on any atom is 0.339 e. The van der Waals surface area contributed by atoms with Gasteiger partial charge in [0.1, 0.15) is 11.9 Å². The molecule has 2 N–H and O–H groups in total. The van der Waals surface area contributed by atoms with Crippen molar-refractivity contribution in [2.24, 2.45) is 0 Å². The number of amides is 1. The molecule has 1 unspecified atom stereocenters. The quantitative estimate of drug-likeness (QED) is 0.607. The lowest BCUT2D eigenvalue weighted by Crippen LogP contribution is -2.47. The van der Waals surface area contributed by atoms with E-state index in [1.165, 1.54) is 6.92 Å². The van der Waals surface area contributed by atoms with Gasteiger partial charge in [-0.15, -0.1) is 0 Å². The Morgan fingerprint density at radius 3 is 2.46 bits per heavy atom. The molecule has 26 heavy (non-hydrogen) atoms. The highest BCUT2D eigenvalue weighted by molar-refractivity contribution is 7.89. The fourth-order valence-corrected chi connectivity index (χ4v) is 3.88. The van der Waals surface area contributed by atoms with Crippen LogP contribution in [0, 0.1) is 5.82 Å². The smallest absolute Gasteiger partial charge is 0.339 e. The molecule has 0 bridgehead atoms. The monoisotopic (exact) mass is 390 g/mol. The van der Waals surface area contributed by atoms with Crippen LogP contribution < -0.4 is 5.32 Å². The highest BCUT2D eigenvalue weighted by atomic mass is 32.2. The molecule has 0 radical (unpaired) electrons. The van der Waals surface area contributed by atoms with E-state index in [0.29, 0.717) is 10.4 Å². The Morgan fingerprint density at radius 2 is 1.96 bits per heavy atom. The van der Waals surface area contributed by atoms with Crippen LogP contribution in [0.4, 0.5) is 4.39 Å². The zero-order valence-corrected chi connectivity index (χ0v) is 15.2. The SMILES string of the molecule is COC(=O)c1ccc(F)cc1S(=O)(=O)N(CCNC(C)=O)C(C)C(=O)O. The summed E-state index contributed by atoms with van der Waals surface area (Å²) >= 11 is 0. The summed E-state index contributed by atoms with van der Waals surface area (Å²) in [5.74, 6) is -3.84. The van der Waals surface area contributed by atoms with E-state index in [4.69, 9.17) is 0 Å². The minimum Gasteiger partial charge on any atom is -0.480 e. The standard InChI is InChI=1S/C15H19FN2O7S/c1-9(14(20)21)18(7-6-17-10(2)19)26(23,24)13-8-11(16)4-5-12(13)15(22)25-3/h4-5,8-9H,6-7H2,1-3H3,(H,17,19)(H,20,21). The highest BCUT2D eigenvalue weighted by Gasteiger charge is 2.35. The Balaban J connectivity index is 3.44. The first-order valence-electron chi connectivity index (χ1n) is 7.39. The number of carboxylic acid groups (broad SMARTS) is 1. The van der Waals surface area contributed by atoms with Gasteiger partial charge in [-0.1, -0.05) is 0 Å². The molecule has 0 aliphatic rings. The van der Waals surface area contributed by atoms with Gasteiger partial charge in [-0.05, 0) is 25.1 Å². The molecule has 1 rings (SSSR count). The first-order valence-corrected chi connectivity index (χ1v) is 8.83. The van der Waals surface area contributed by atoms with Crippen molar-refractivity contribution in [3.63, 3.8) is 0 Å². The number of aliphatic carboxylic acids is 1. The molecule has 1 amide bonds. The molecule has 11 heteroatoms. The molecule has 0 fully saturated rings. The van der Waals surface area contributed by atoms with Gasteiger partial charge in [0, 0.05) is 20.0 Å². The molecule has 144 valence electrons. The molecule has 9 nitrogen and oxygen atoms in total. The fourth-order valence-electron chi connectivity index (χ4n) is 2.10. The molecule has 0 spiro atoms. The van der Waals surface area contributed by atoms with Crippen LogP contribution >= 0.6 is 0 Å². The van der Waals surface area contributed by atoms with Gasteiger partial charge >= 0.3 is 11.9 Å². The van der Waals surface area contributed by atoms with Gasteiger partial charge in [-0.25, -0.2) is 17.6 Å². The lowest BCUT2D eigenvalue weighted by Gasteiger charge is -2.26. The molecule has 0 heterocycles. The summed E-state index contributed by atoms with van der Waals surface area (Å²) in [6.07, 6.45) is 0. The number of esters is 1. The molecule has 1 aromatic rings. The summed E-state index contributed by atoms with van der Waals surface area (Å²) in [7, 11) is -3.57. The number of halogens is 1. The van der Waals surface area contributed by atoms with Crippen molar-refractivity contribution in [1.29, 1.82) is 0 Å². The third-order valence-electron chi connectivity index (χ3n) is 3.43. The van der Waals surface area contributed by atoms with Crippen LogP contribution in [-0.2, 0) is 24.3 Å². The summed E-state index contributed by atoms with van der Waals surface area (Å²) in [6, 6.07) is 0.906. The van der Waals surface area contributed by atoms with Crippen LogP contribution in [0.25, 0.3) is 0 Å². The molecule has 1 aromatic carbocycles. The van der Waals surface area contributed by atoms with Crippen LogP contribution in [-0.4, -0.2) is 61.9 Å². The highest BCUT2D eigenvalue weighted by Crippen LogP contribution is 2.24. The number of carboxylic acids is 1. The minimum atomic E-state index is -4.59. The number of carbonyl (C=O) groups is 3. The molecule has 0 aromatic heterocycles. The van der Waals surface area contributed by atoms with Gasteiger partial charge in [0.05, 0.1) is 17.6 Å². The van der Waals surface area contributed by atoms with E-state index in [-0.39, 0.29) is 6.54 Å². The first-order chi connectivity index (χ1) is 12.0. The molecule has 1 atom stereocenters. The van der Waals surface area contributed by atoms with Crippen LogP contribution in [0.3, 0.4) is 0 Å². The number of ether oxygens (including phenoxy) is 1. The summed E-state index contributed by atoms with van der Waals surface area (Å²) in [5.41, 5.74) is -0.434. The predicted molar refractivity (Wildman–Crippen MR) is 87.4 cm³/mol. The van der Waals surface area contributed by atoms with E-state index in [1.807, 2.05) is 0 Å². The Morgan fingerprint density at radius 1 is 1.35 bits per heavy atom. The van der Waals surface area contributed by atoms with Crippen molar-refractivity contribution in [3.05, 3.63) is 29.6 Å². The topological polar surface area (TPSA) is 130 Å². The zero-order valence-electron chi connectivity index (χ0n) is 14.4. The first kappa shape index (κ1) is 21.5.